The van der Waals surface area contributed by atoms with Crippen molar-refractivity contribution in [2.75, 3.05) is 0 Å². The molecule has 2 rings (SSSR count). The highest BCUT2D eigenvalue weighted by atomic mass is 19.4. The van der Waals surface area contributed by atoms with E-state index in [0.717, 1.165) is 6.07 Å². The van der Waals surface area contributed by atoms with Gasteiger partial charge >= 0.3 is 6.36 Å². The van der Waals surface area contributed by atoms with Crippen LogP contribution in [0.3, 0.4) is 0 Å². The number of carbonyl (C=O) groups is 1. The van der Waals surface area contributed by atoms with Gasteiger partial charge in [0.15, 0.2) is 5.78 Å². The number of furan rings is 1. The van der Waals surface area contributed by atoms with Gasteiger partial charge in [0.05, 0.1) is 17.4 Å². The van der Waals surface area contributed by atoms with Gasteiger partial charge in [0.1, 0.15) is 11.5 Å². The Morgan fingerprint density at radius 2 is 1.90 bits per heavy atom. The average Bonchev–Trinajstić information content (AvgIpc) is 2.85. The van der Waals surface area contributed by atoms with Crippen LogP contribution in [0, 0.1) is 0 Å². The first kappa shape index (κ1) is 14.2. The molecule has 0 fully saturated rings. The molecule has 0 spiro atoms. The molecule has 0 bridgehead atoms. The predicted octanol–water partition coefficient (Wildman–Crippen LogP) is 3.97. The molecule has 0 N–H and O–H groups in total. The molecule has 0 aliphatic carbocycles. The first-order valence-corrected chi connectivity index (χ1v) is 5.88. The Kier molecular flexibility index (Phi) is 3.83. The van der Waals surface area contributed by atoms with E-state index in [0.29, 0.717) is 12.2 Å². The van der Waals surface area contributed by atoms with Gasteiger partial charge in [-0.2, -0.15) is 0 Å². The van der Waals surface area contributed by atoms with E-state index < -0.39 is 17.9 Å². The summed E-state index contributed by atoms with van der Waals surface area (Å²) in [4.78, 5) is 12.3. The summed E-state index contributed by atoms with van der Waals surface area (Å²) in [5, 5.41) is 0. The smallest absolute Gasteiger partial charge is 0.469 e. The molecule has 1 heterocycles. The lowest BCUT2D eigenvalue weighted by Gasteiger charge is -2.12. The summed E-state index contributed by atoms with van der Waals surface area (Å²) in [5.74, 6) is -0.652. The summed E-state index contributed by atoms with van der Waals surface area (Å²) in [7, 11) is 0. The number of ketones is 1. The molecule has 0 saturated heterocycles. The van der Waals surface area contributed by atoms with E-state index in [-0.39, 0.29) is 11.1 Å². The zero-order chi connectivity index (χ0) is 14.8. The maximum Gasteiger partial charge on any atom is 0.573 e. The standard InChI is InChI=1S/C14H11F3O3/c1-2-11-10(7-8-19-11)13(18)9-5-3-4-6-12(9)20-14(15,16)17/h3-8H,2H2,1H3. The Balaban J connectivity index is 2.40. The van der Waals surface area contributed by atoms with Crippen molar-refractivity contribution in [3.05, 3.63) is 53.5 Å². The molecule has 0 amide bonds. The van der Waals surface area contributed by atoms with Crippen molar-refractivity contribution in [3.63, 3.8) is 0 Å². The number of carbonyl (C=O) groups excluding carboxylic acids is 1. The van der Waals surface area contributed by atoms with Gasteiger partial charge in [0.25, 0.3) is 0 Å². The minimum Gasteiger partial charge on any atom is -0.469 e. The highest BCUT2D eigenvalue weighted by Crippen LogP contribution is 2.28. The number of hydrogen-bond acceptors (Lipinski definition) is 3. The Morgan fingerprint density at radius 1 is 1.20 bits per heavy atom. The predicted molar refractivity (Wildman–Crippen MR) is 64.6 cm³/mol. The van der Waals surface area contributed by atoms with Gasteiger partial charge in [-0.25, -0.2) is 0 Å². The van der Waals surface area contributed by atoms with Crippen molar-refractivity contribution in [1.29, 1.82) is 0 Å². The van der Waals surface area contributed by atoms with Crippen molar-refractivity contribution in [1.82, 2.24) is 0 Å². The third kappa shape index (κ3) is 3.01. The maximum atomic E-state index is 12.3. The van der Waals surface area contributed by atoms with Gasteiger partial charge in [-0.3, -0.25) is 4.79 Å². The second-order valence-electron chi connectivity index (χ2n) is 3.98. The Bertz CT molecular complexity index is 614. The quantitative estimate of drug-likeness (QED) is 0.797. The van der Waals surface area contributed by atoms with Crippen molar-refractivity contribution < 1.29 is 27.1 Å². The summed E-state index contributed by atoms with van der Waals surface area (Å²) in [5.41, 5.74) is 0.0895. The first-order valence-electron chi connectivity index (χ1n) is 5.88. The van der Waals surface area contributed by atoms with Crippen LogP contribution in [0.15, 0.2) is 41.0 Å². The number of alkyl halides is 3. The molecular weight excluding hydrogens is 273 g/mol. The van der Waals surface area contributed by atoms with E-state index in [9.17, 15) is 18.0 Å². The number of halogens is 3. The van der Waals surface area contributed by atoms with Crippen molar-refractivity contribution in [3.8, 4) is 5.75 Å². The van der Waals surface area contributed by atoms with Gasteiger partial charge in [-0.05, 0) is 18.2 Å². The Hall–Kier alpha value is -2.24. The van der Waals surface area contributed by atoms with Crippen LogP contribution < -0.4 is 4.74 Å². The summed E-state index contributed by atoms with van der Waals surface area (Å²) in [6.45, 7) is 1.79. The summed E-state index contributed by atoms with van der Waals surface area (Å²) < 4.78 is 45.9. The van der Waals surface area contributed by atoms with Crippen LogP contribution in [-0.2, 0) is 6.42 Å². The van der Waals surface area contributed by atoms with Crippen LogP contribution in [0.4, 0.5) is 13.2 Å². The van der Waals surface area contributed by atoms with E-state index in [4.69, 9.17) is 4.42 Å². The highest BCUT2D eigenvalue weighted by Gasteiger charge is 2.33. The normalized spacial score (nSPS) is 11.4. The molecule has 0 unspecified atom stereocenters. The van der Waals surface area contributed by atoms with Crippen LogP contribution in [0.1, 0.15) is 28.6 Å². The van der Waals surface area contributed by atoms with E-state index >= 15 is 0 Å². The highest BCUT2D eigenvalue weighted by molar-refractivity contribution is 6.11. The zero-order valence-electron chi connectivity index (χ0n) is 10.5. The lowest BCUT2D eigenvalue weighted by atomic mass is 10.0. The number of para-hydroxylation sites is 1. The lowest BCUT2D eigenvalue weighted by molar-refractivity contribution is -0.274. The fourth-order valence-corrected chi connectivity index (χ4v) is 1.83. The second-order valence-corrected chi connectivity index (χ2v) is 3.98. The van der Waals surface area contributed by atoms with E-state index in [2.05, 4.69) is 4.74 Å². The SMILES string of the molecule is CCc1occc1C(=O)c1ccccc1OC(F)(F)F. The number of ether oxygens (including phenoxy) is 1. The second kappa shape index (κ2) is 5.40. The van der Waals surface area contributed by atoms with E-state index in [1.165, 1.54) is 30.5 Å². The summed E-state index contributed by atoms with van der Waals surface area (Å²) in [6.07, 6.45) is -3.05. The minimum absolute atomic E-state index is 0.152. The molecule has 3 nitrogen and oxygen atoms in total. The Labute approximate surface area is 113 Å². The van der Waals surface area contributed by atoms with Gasteiger partial charge < -0.3 is 9.15 Å². The maximum absolute atomic E-state index is 12.3. The number of rotatable bonds is 4. The molecule has 1 aromatic carbocycles. The number of hydrogen-bond donors (Lipinski definition) is 0. The summed E-state index contributed by atoms with van der Waals surface area (Å²) in [6, 6.07) is 6.67. The fraction of sp³-hybridized carbons (Fsp3) is 0.214. The van der Waals surface area contributed by atoms with Crippen LogP contribution in [-0.4, -0.2) is 12.1 Å². The molecule has 0 radical (unpaired) electrons. The van der Waals surface area contributed by atoms with Gasteiger partial charge in [-0.1, -0.05) is 19.1 Å². The number of aryl methyl sites for hydroxylation is 1. The van der Waals surface area contributed by atoms with Gasteiger partial charge in [-0.15, -0.1) is 13.2 Å². The number of benzene rings is 1. The molecule has 1 aromatic heterocycles. The topological polar surface area (TPSA) is 39.4 Å². The molecule has 106 valence electrons. The molecule has 0 aliphatic heterocycles. The van der Waals surface area contributed by atoms with Gasteiger partial charge in [0, 0.05) is 6.42 Å². The van der Waals surface area contributed by atoms with E-state index in [1.54, 1.807) is 6.92 Å². The molecule has 6 heteroatoms. The minimum atomic E-state index is -4.85. The fourth-order valence-electron chi connectivity index (χ4n) is 1.83. The third-order valence-corrected chi connectivity index (χ3v) is 2.67. The van der Waals surface area contributed by atoms with Crippen molar-refractivity contribution >= 4 is 5.78 Å². The molecule has 20 heavy (non-hydrogen) atoms. The molecule has 0 aliphatic rings. The third-order valence-electron chi connectivity index (χ3n) is 2.67. The Morgan fingerprint density at radius 3 is 2.55 bits per heavy atom. The van der Waals surface area contributed by atoms with Crippen molar-refractivity contribution in [2.24, 2.45) is 0 Å². The van der Waals surface area contributed by atoms with Crippen molar-refractivity contribution in [2.45, 2.75) is 19.7 Å². The monoisotopic (exact) mass is 284 g/mol. The van der Waals surface area contributed by atoms with E-state index in [1.807, 2.05) is 0 Å². The molecule has 0 atom stereocenters. The average molecular weight is 284 g/mol. The molecule has 0 saturated carbocycles. The van der Waals surface area contributed by atoms with Crippen LogP contribution >= 0.6 is 0 Å². The molecular formula is C14H11F3O3. The van der Waals surface area contributed by atoms with Crippen LogP contribution in [0.2, 0.25) is 0 Å². The lowest BCUT2D eigenvalue weighted by Crippen LogP contribution is -2.19. The zero-order valence-corrected chi connectivity index (χ0v) is 10.5. The van der Waals surface area contributed by atoms with Crippen LogP contribution in [0.25, 0.3) is 0 Å². The van der Waals surface area contributed by atoms with Gasteiger partial charge in [0.2, 0.25) is 0 Å². The summed E-state index contributed by atoms with van der Waals surface area (Å²) >= 11 is 0. The van der Waals surface area contributed by atoms with Crippen LogP contribution in [0.5, 0.6) is 5.75 Å². The largest absolute Gasteiger partial charge is 0.573 e. The first-order chi connectivity index (χ1) is 9.42. The molecule has 2 aromatic rings.